The Morgan fingerprint density at radius 2 is 2.16 bits per heavy atom. The number of oxazole rings is 1. The Bertz CT molecular complexity index is 1250. The Morgan fingerprint density at radius 1 is 1.32 bits per heavy atom. The van der Waals surface area contributed by atoms with E-state index in [9.17, 15) is 4.79 Å². The number of ether oxygens (including phenoxy) is 1. The van der Waals surface area contributed by atoms with Gasteiger partial charge in [0.1, 0.15) is 5.70 Å². The summed E-state index contributed by atoms with van der Waals surface area (Å²) >= 11 is 0. The maximum absolute atomic E-state index is 12.2. The Hall–Kier alpha value is -2.86. The monoisotopic (exact) mass is 417 g/mol. The topological polar surface area (TPSA) is 60.5 Å². The third-order valence-corrected chi connectivity index (χ3v) is 7.64. The second-order valence-corrected chi connectivity index (χ2v) is 9.05. The van der Waals surface area contributed by atoms with Crippen LogP contribution in [0.4, 0.5) is 0 Å². The van der Waals surface area contributed by atoms with Gasteiger partial charge in [-0.2, -0.15) is 0 Å². The summed E-state index contributed by atoms with van der Waals surface area (Å²) in [5, 5.41) is 1.32. The van der Waals surface area contributed by atoms with Crippen LogP contribution in [0.5, 0.6) is 0 Å². The van der Waals surface area contributed by atoms with E-state index in [1.165, 1.54) is 35.7 Å². The fourth-order valence-corrected chi connectivity index (χ4v) is 6.22. The number of nitrogens with zero attached hydrogens (tertiary/aromatic N) is 3. The number of para-hydroxylation sites is 1. The van der Waals surface area contributed by atoms with Crippen molar-refractivity contribution in [2.75, 3.05) is 20.2 Å². The van der Waals surface area contributed by atoms with Gasteiger partial charge in [0, 0.05) is 23.0 Å². The molecule has 5 heterocycles. The van der Waals surface area contributed by atoms with Gasteiger partial charge in [-0.25, -0.2) is 9.78 Å². The minimum absolute atomic E-state index is 0.0426. The number of fused-ring (bicyclic) bond motifs is 3. The zero-order valence-electron chi connectivity index (χ0n) is 18.3. The highest BCUT2D eigenvalue weighted by Crippen LogP contribution is 2.57. The number of piperidine rings is 1. The van der Waals surface area contributed by atoms with Gasteiger partial charge in [0.05, 0.1) is 24.4 Å². The quantitative estimate of drug-likeness (QED) is 0.577. The van der Waals surface area contributed by atoms with Crippen LogP contribution in [0, 0.1) is 12.3 Å². The second kappa shape index (κ2) is 6.57. The van der Waals surface area contributed by atoms with E-state index in [1.54, 1.807) is 6.92 Å². The molecule has 0 unspecified atom stereocenters. The van der Waals surface area contributed by atoms with Crippen molar-refractivity contribution in [2.45, 2.75) is 45.6 Å². The van der Waals surface area contributed by atoms with Gasteiger partial charge in [-0.1, -0.05) is 25.1 Å². The predicted octanol–water partition coefficient (Wildman–Crippen LogP) is 4.72. The van der Waals surface area contributed by atoms with Crippen LogP contribution in [0.1, 0.15) is 65.6 Å². The molecule has 0 N–H and O–H groups in total. The molecule has 6 nitrogen and oxygen atoms in total. The maximum Gasteiger partial charge on any atom is 0.375 e. The van der Waals surface area contributed by atoms with Crippen molar-refractivity contribution >= 4 is 22.6 Å². The van der Waals surface area contributed by atoms with E-state index in [2.05, 4.69) is 51.7 Å². The highest BCUT2D eigenvalue weighted by Gasteiger charge is 2.51. The number of aromatic nitrogens is 2. The van der Waals surface area contributed by atoms with Crippen LogP contribution in [0.3, 0.4) is 0 Å². The van der Waals surface area contributed by atoms with Gasteiger partial charge in [0.2, 0.25) is 11.7 Å². The number of esters is 1. The molecule has 2 atom stereocenters. The first kappa shape index (κ1) is 18.9. The maximum atomic E-state index is 12.2. The zero-order chi connectivity index (χ0) is 21.3. The molecule has 31 heavy (non-hydrogen) atoms. The molecule has 3 aromatic rings. The van der Waals surface area contributed by atoms with Crippen LogP contribution in [0.15, 0.2) is 34.8 Å². The molecule has 3 aliphatic heterocycles. The molecule has 1 saturated heterocycles. The van der Waals surface area contributed by atoms with Crippen LogP contribution >= 0.6 is 0 Å². The highest BCUT2D eigenvalue weighted by atomic mass is 16.5. The molecule has 0 saturated carbocycles. The Labute approximate surface area is 181 Å². The van der Waals surface area contributed by atoms with Crippen LogP contribution < -0.4 is 0 Å². The fraction of sp³-hybridized carbons (Fsp3) is 0.440. The molecule has 0 spiro atoms. The highest BCUT2D eigenvalue weighted by molar-refractivity contribution is 5.92. The summed E-state index contributed by atoms with van der Waals surface area (Å²) in [5.41, 5.74) is 5.59. The predicted molar refractivity (Wildman–Crippen MR) is 118 cm³/mol. The van der Waals surface area contributed by atoms with Crippen LogP contribution in [0.2, 0.25) is 0 Å². The lowest BCUT2D eigenvalue weighted by Gasteiger charge is -2.53. The van der Waals surface area contributed by atoms with Gasteiger partial charge in [-0.15, -0.1) is 0 Å². The summed E-state index contributed by atoms with van der Waals surface area (Å²) in [6.45, 7) is 6.36. The molecule has 1 fully saturated rings. The number of carbonyl (C=O) groups excluding carboxylic acids is 1. The largest absolute Gasteiger partial charge is 0.463 e. The number of carbonyl (C=O) groups is 1. The number of methoxy groups -OCH3 is 1. The molecule has 0 amide bonds. The Balaban J connectivity index is 1.67. The second-order valence-electron chi connectivity index (χ2n) is 9.05. The number of hydrogen-bond acceptors (Lipinski definition) is 5. The number of benzene rings is 1. The molecule has 160 valence electrons. The van der Waals surface area contributed by atoms with Gasteiger partial charge < -0.3 is 13.7 Å². The minimum Gasteiger partial charge on any atom is -0.463 e. The van der Waals surface area contributed by atoms with Crippen molar-refractivity contribution < 1.29 is 13.9 Å². The molecule has 1 aromatic carbocycles. The van der Waals surface area contributed by atoms with Gasteiger partial charge in [-0.05, 0) is 56.9 Å². The van der Waals surface area contributed by atoms with E-state index in [-0.39, 0.29) is 11.2 Å². The summed E-state index contributed by atoms with van der Waals surface area (Å²) in [4.78, 5) is 19.6. The Kier molecular flexibility index (Phi) is 4.00. The van der Waals surface area contributed by atoms with Crippen molar-refractivity contribution in [3.8, 4) is 0 Å². The van der Waals surface area contributed by atoms with E-state index >= 15 is 0 Å². The van der Waals surface area contributed by atoms with Gasteiger partial charge in [0.15, 0.2) is 0 Å². The average Bonchev–Trinajstić information content (AvgIpc) is 3.36. The molecule has 0 bridgehead atoms. The lowest BCUT2D eigenvalue weighted by molar-refractivity contribution is 0.0269. The average molecular weight is 418 g/mol. The minimum atomic E-state index is -0.487. The smallest absolute Gasteiger partial charge is 0.375 e. The van der Waals surface area contributed by atoms with E-state index < -0.39 is 5.97 Å². The first-order valence-electron chi connectivity index (χ1n) is 11.2. The summed E-state index contributed by atoms with van der Waals surface area (Å²) in [6.07, 6.45) is 6.86. The SMILES string of the molecule is CC[C@@]12C=C(c3nc(C)c(C(=O)OC)o3)n3c4c(c5ccccc53)CCN(CCC1)[C@H]42. The normalized spacial score (nSPS) is 24.7. The molecular formula is C25H27N3O3. The van der Waals surface area contributed by atoms with Crippen molar-refractivity contribution in [1.29, 1.82) is 0 Å². The van der Waals surface area contributed by atoms with Crippen molar-refractivity contribution in [1.82, 2.24) is 14.5 Å². The lowest BCUT2D eigenvalue weighted by Crippen LogP contribution is -2.50. The number of aryl methyl sites for hydroxylation is 1. The standard InChI is InChI=1S/C25H27N3O3/c1-4-25-11-7-12-27-13-10-17-16-8-5-6-9-18(16)28(20(17)22(25)27)19(14-25)23-26-15(2)21(31-23)24(29)30-3/h5-6,8-9,14,22H,4,7,10-13H2,1-3H3/t22-,25+/m1/s1. The molecule has 6 rings (SSSR count). The summed E-state index contributed by atoms with van der Waals surface area (Å²) in [7, 11) is 1.37. The lowest BCUT2D eigenvalue weighted by atomic mass is 9.66. The third kappa shape index (κ3) is 2.42. The fourth-order valence-electron chi connectivity index (χ4n) is 6.22. The van der Waals surface area contributed by atoms with E-state index in [1.807, 2.05) is 0 Å². The van der Waals surface area contributed by atoms with E-state index in [0.29, 0.717) is 17.6 Å². The first-order chi connectivity index (χ1) is 15.1. The van der Waals surface area contributed by atoms with Gasteiger partial charge >= 0.3 is 5.97 Å². The summed E-state index contributed by atoms with van der Waals surface area (Å²) in [5.74, 6) is 0.191. The zero-order valence-corrected chi connectivity index (χ0v) is 18.3. The molecule has 0 radical (unpaired) electrons. The molecule has 3 aliphatic rings. The van der Waals surface area contributed by atoms with Crippen molar-refractivity contribution in [3.63, 3.8) is 0 Å². The molecule has 6 heteroatoms. The third-order valence-electron chi connectivity index (χ3n) is 7.64. The number of rotatable bonds is 3. The summed E-state index contributed by atoms with van der Waals surface area (Å²) in [6, 6.07) is 9.02. The Morgan fingerprint density at radius 3 is 2.97 bits per heavy atom. The van der Waals surface area contributed by atoms with Crippen molar-refractivity contribution in [2.24, 2.45) is 5.41 Å². The van der Waals surface area contributed by atoms with Crippen LogP contribution in [-0.2, 0) is 11.2 Å². The van der Waals surface area contributed by atoms with E-state index in [4.69, 9.17) is 9.15 Å². The summed E-state index contributed by atoms with van der Waals surface area (Å²) < 4.78 is 13.3. The molecular weight excluding hydrogens is 390 g/mol. The van der Waals surface area contributed by atoms with Gasteiger partial charge in [0.25, 0.3) is 0 Å². The van der Waals surface area contributed by atoms with Gasteiger partial charge in [-0.3, -0.25) is 4.90 Å². The van der Waals surface area contributed by atoms with Crippen molar-refractivity contribution in [3.05, 3.63) is 58.9 Å². The number of hydrogen-bond donors (Lipinski definition) is 0. The van der Waals surface area contributed by atoms with Crippen LogP contribution in [-0.4, -0.2) is 40.6 Å². The molecule has 2 aromatic heterocycles. The molecule has 0 aliphatic carbocycles. The first-order valence-corrected chi connectivity index (χ1v) is 11.2. The van der Waals surface area contributed by atoms with E-state index in [0.717, 1.165) is 38.0 Å². The van der Waals surface area contributed by atoms with Crippen LogP contribution in [0.25, 0.3) is 16.6 Å².